The van der Waals surface area contributed by atoms with Gasteiger partial charge in [-0.2, -0.15) is 0 Å². The maximum Gasteiger partial charge on any atom is 0.411 e. The van der Waals surface area contributed by atoms with Gasteiger partial charge in [-0.05, 0) is 110 Å². The minimum absolute atomic E-state index is 0.100. The molecule has 2 heterocycles. The van der Waals surface area contributed by atoms with Crippen LogP contribution in [0.1, 0.15) is 74.2 Å². The highest BCUT2D eigenvalue weighted by Crippen LogP contribution is 2.43. The highest BCUT2D eigenvalue weighted by Gasteiger charge is 2.38. The number of rotatable bonds is 11. The number of carbonyl (C=O) groups excluding carboxylic acids is 2. The smallest absolute Gasteiger partial charge is 0.411 e. The zero-order valence-corrected chi connectivity index (χ0v) is 29.6. The van der Waals surface area contributed by atoms with Crippen LogP contribution >= 0.6 is 0 Å². The van der Waals surface area contributed by atoms with Gasteiger partial charge in [-0.15, -0.1) is 0 Å². The van der Waals surface area contributed by atoms with Gasteiger partial charge >= 0.3 is 6.09 Å². The van der Waals surface area contributed by atoms with Crippen molar-refractivity contribution in [2.24, 2.45) is 0 Å². The summed E-state index contributed by atoms with van der Waals surface area (Å²) in [6.45, 7) is 3.58. The third-order valence-electron chi connectivity index (χ3n) is 9.51. The summed E-state index contributed by atoms with van der Waals surface area (Å²) in [6, 6.07) is 13.8. The van der Waals surface area contributed by atoms with Crippen molar-refractivity contribution >= 4 is 44.0 Å². The van der Waals surface area contributed by atoms with Crippen molar-refractivity contribution in [3.8, 4) is 11.5 Å². The predicted molar refractivity (Wildman–Crippen MR) is 191 cm³/mol. The fraction of sp³-hybridized carbons (Fsp3) is 0.378. The lowest BCUT2D eigenvalue weighted by Gasteiger charge is -2.32. The van der Waals surface area contributed by atoms with Gasteiger partial charge in [0.25, 0.3) is 5.56 Å². The fourth-order valence-corrected chi connectivity index (χ4v) is 7.97. The molecule has 1 saturated carbocycles. The van der Waals surface area contributed by atoms with Gasteiger partial charge in [0, 0.05) is 29.5 Å². The first kappa shape index (κ1) is 34.8. The van der Waals surface area contributed by atoms with E-state index in [2.05, 4.69) is 15.6 Å². The Morgan fingerprint density at radius 2 is 1.62 bits per heavy atom. The van der Waals surface area contributed by atoms with Crippen LogP contribution in [0.4, 0.5) is 16.2 Å². The number of sulfone groups is 1. The summed E-state index contributed by atoms with van der Waals surface area (Å²) in [5, 5.41) is 6.70. The maximum atomic E-state index is 14.9. The van der Waals surface area contributed by atoms with Crippen LogP contribution in [0.15, 0.2) is 70.5 Å². The molecule has 12 nitrogen and oxygen atoms in total. The van der Waals surface area contributed by atoms with E-state index in [1.807, 2.05) is 12.1 Å². The fourth-order valence-electron chi connectivity index (χ4n) is 6.68. The Bertz CT molecular complexity index is 2110. The van der Waals surface area contributed by atoms with Crippen molar-refractivity contribution in [1.82, 2.24) is 9.88 Å². The molecule has 3 N–H and O–H groups in total. The largest absolute Gasteiger partial charge is 0.493 e. The first-order valence-electron chi connectivity index (χ1n) is 16.6. The second-order valence-corrected chi connectivity index (χ2v) is 15.4. The number of anilines is 2. The molecule has 2 atom stereocenters. The molecule has 3 aromatic carbocycles. The van der Waals surface area contributed by atoms with E-state index in [-0.39, 0.29) is 16.4 Å². The van der Waals surface area contributed by atoms with Crippen molar-refractivity contribution in [2.75, 3.05) is 38.5 Å². The zero-order valence-electron chi connectivity index (χ0n) is 28.7. The third kappa shape index (κ3) is 6.74. The first-order valence-corrected chi connectivity index (χ1v) is 18.2. The van der Waals surface area contributed by atoms with Crippen molar-refractivity contribution in [3.63, 3.8) is 0 Å². The molecule has 4 aromatic rings. The molecule has 1 aliphatic carbocycles. The van der Waals surface area contributed by atoms with Crippen molar-refractivity contribution in [3.05, 3.63) is 87.8 Å². The van der Waals surface area contributed by atoms with Gasteiger partial charge < -0.3 is 29.4 Å². The number of methoxy groups -OCH3 is 3. The van der Waals surface area contributed by atoms with Gasteiger partial charge in [-0.3, -0.25) is 14.9 Å². The molecule has 1 aliphatic heterocycles. The summed E-state index contributed by atoms with van der Waals surface area (Å²) in [7, 11) is 0.512. The van der Waals surface area contributed by atoms with Crippen molar-refractivity contribution in [2.45, 2.75) is 67.7 Å². The molecule has 1 aromatic heterocycles. The number of carbonyl (C=O) groups is 2. The third-order valence-corrected chi connectivity index (χ3v) is 11.7. The molecule has 2 amide bonds. The molecule has 264 valence electrons. The van der Waals surface area contributed by atoms with E-state index in [0.717, 1.165) is 23.8 Å². The van der Waals surface area contributed by atoms with E-state index in [4.69, 9.17) is 14.2 Å². The number of benzene rings is 3. The number of hydrogen-bond acceptors (Lipinski definition) is 9. The van der Waals surface area contributed by atoms with Crippen LogP contribution in [-0.4, -0.2) is 63.4 Å². The first-order chi connectivity index (χ1) is 24.0. The molecule has 2 fully saturated rings. The SMILES string of the molecule is COC(=O)Nc1ccc(S(=O)(=O)C(C)C)c(C2CCCN2C(=O)C(Nc2ccc3c(C4CC4)c[nH]c(=O)c3c2)c2ccc(OC)c(OC)c2)c1. The summed E-state index contributed by atoms with van der Waals surface area (Å²) in [5.41, 5.74) is 2.78. The lowest BCUT2D eigenvalue weighted by Crippen LogP contribution is -2.38. The Morgan fingerprint density at radius 1 is 0.880 bits per heavy atom. The minimum atomic E-state index is -3.77. The zero-order chi connectivity index (χ0) is 35.7. The summed E-state index contributed by atoms with van der Waals surface area (Å²) in [5.74, 6) is 1.04. The number of hydrogen-bond donors (Lipinski definition) is 3. The molecular weight excluding hydrogens is 660 g/mol. The van der Waals surface area contributed by atoms with Crippen molar-refractivity contribution in [1.29, 1.82) is 0 Å². The standard InChI is InChI=1S/C37H42N4O8S/c1-21(2)50(45,46)33-15-12-25(40-37(44)49-5)19-28(33)30-7-6-16-41(30)36(43)34(23-10-14-31(47-3)32(17-23)48-4)39-24-11-13-26-27(18-24)35(42)38-20-29(26)22-8-9-22/h10-15,17-22,30,34,39H,6-9,16H2,1-5H3,(H,38,42)(H,40,44). The average Bonchev–Trinajstić information content (AvgIpc) is 3.84. The number of likely N-dealkylation sites (tertiary alicyclic amines) is 1. The van der Waals surface area contributed by atoms with E-state index >= 15 is 0 Å². The van der Waals surface area contributed by atoms with Gasteiger partial charge in [0.15, 0.2) is 21.3 Å². The molecule has 1 saturated heterocycles. The molecule has 6 rings (SSSR count). The summed E-state index contributed by atoms with van der Waals surface area (Å²) in [4.78, 5) is 44.6. The molecule has 2 unspecified atom stereocenters. The Hall–Kier alpha value is -5.04. The number of nitrogens with zero attached hydrogens (tertiary/aromatic N) is 1. The predicted octanol–water partition coefficient (Wildman–Crippen LogP) is 6.30. The van der Waals surface area contributed by atoms with Crippen LogP contribution in [-0.2, 0) is 19.4 Å². The Kier molecular flexibility index (Phi) is 9.79. The molecule has 2 aliphatic rings. The number of nitrogens with one attached hydrogen (secondary N) is 3. The van der Waals surface area contributed by atoms with E-state index in [1.165, 1.54) is 33.5 Å². The van der Waals surface area contributed by atoms with E-state index < -0.39 is 33.3 Å². The molecule has 0 radical (unpaired) electrons. The van der Waals surface area contributed by atoms with Crippen LogP contribution < -0.4 is 25.7 Å². The van der Waals surface area contributed by atoms with Gasteiger partial charge in [0.05, 0.1) is 37.5 Å². The topological polar surface area (TPSA) is 156 Å². The number of amides is 2. The Balaban J connectivity index is 1.43. The lowest BCUT2D eigenvalue weighted by molar-refractivity contribution is -0.133. The number of ether oxygens (including phenoxy) is 3. The highest BCUT2D eigenvalue weighted by molar-refractivity contribution is 7.92. The number of aromatic amines is 1. The quantitative estimate of drug-likeness (QED) is 0.163. The molecule has 0 spiro atoms. The van der Waals surface area contributed by atoms with E-state index in [9.17, 15) is 22.8 Å². The summed E-state index contributed by atoms with van der Waals surface area (Å²) >= 11 is 0. The number of H-pyrrole nitrogens is 1. The van der Waals surface area contributed by atoms with Gasteiger partial charge in [0.2, 0.25) is 5.91 Å². The second kappa shape index (κ2) is 14.1. The highest BCUT2D eigenvalue weighted by atomic mass is 32.2. The summed E-state index contributed by atoms with van der Waals surface area (Å²) in [6.07, 6.45) is 4.38. The number of fused-ring (bicyclic) bond motifs is 1. The van der Waals surface area contributed by atoms with Crippen LogP contribution in [0, 0.1) is 0 Å². The number of pyridine rings is 1. The number of aromatic nitrogens is 1. The Morgan fingerprint density at radius 3 is 2.30 bits per heavy atom. The Labute approximate surface area is 291 Å². The second-order valence-electron chi connectivity index (χ2n) is 13.0. The lowest BCUT2D eigenvalue weighted by atomic mass is 10.00. The van der Waals surface area contributed by atoms with Crippen LogP contribution in [0.2, 0.25) is 0 Å². The minimum Gasteiger partial charge on any atom is -0.493 e. The van der Waals surface area contributed by atoms with Crippen molar-refractivity contribution < 1.29 is 32.2 Å². The van der Waals surface area contributed by atoms with Crippen LogP contribution in [0.3, 0.4) is 0 Å². The van der Waals surface area contributed by atoms with E-state index in [0.29, 0.717) is 64.7 Å². The molecular formula is C37H42N4O8S. The summed E-state index contributed by atoms with van der Waals surface area (Å²) < 4.78 is 43.1. The van der Waals surface area contributed by atoms with Gasteiger partial charge in [-0.25, -0.2) is 13.2 Å². The maximum absolute atomic E-state index is 14.9. The molecule has 13 heteroatoms. The van der Waals surface area contributed by atoms with Crippen LogP contribution in [0.25, 0.3) is 10.8 Å². The molecule has 0 bridgehead atoms. The monoisotopic (exact) mass is 702 g/mol. The van der Waals surface area contributed by atoms with Gasteiger partial charge in [0.1, 0.15) is 6.04 Å². The van der Waals surface area contributed by atoms with Crippen LogP contribution in [0.5, 0.6) is 11.5 Å². The average molecular weight is 703 g/mol. The normalized spacial score (nSPS) is 16.7. The van der Waals surface area contributed by atoms with Gasteiger partial charge in [-0.1, -0.05) is 12.1 Å². The molecule has 50 heavy (non-hydrogen) atoms. The van der Waals surface area contributed by atoms with E-state index in [1.54, 1.807) is 55.3 Å².